The van der Waals surface area contributed by atoms with Gasteiger partial charge in [0.1, 0.15) is 0 Å². The van der Waals surface area contributed by atoms with Crippen molar-refractivity contribution in [3.05, 3.63) is 121 Å². The van der Waals surface area contributed by atoms with E-state index in [0.29, 0.717) is 31.5 Å². The molecule has 12 nitrogen and oxygen atoms in total. The fourth-order valence-corrected chi connectivity index (χ4v) is 7.49. The molecule has 0 atom stereocenters. The second-order valence-corrected chi connectivity index (χ2v) is 18.8. The highest BCUT2D eigenvalue weighted by Crippen LogP contribution is 2.29. The number of rotatable bonds is 13. The number of hydrogen-bond acceptors (Lipinski definition) is 9. The van der Waals surface area contributed by atoms with Crippen LogP contribution in [0.15, 0.2) is 119 Å². The van der Waals surface area contributed by atoms with Gasteiger partial charge >= 0.3 is 11.9 Å². The highest BCUT2D eigenvalue weighted by Gasteiger charge is 2.19. The summed E-state index contributed by atoms with van der Waals surface area (Å²) in [4.78, 5) is 24.0. The molecule has 0 aliphatic carbocycles. The Morgan fingerprint density at radius 3 is 1.33 bits per heavy atom. The molecular formula is C44H48N4O8S2. The van der Waals surface area contributed by atoms with Gasteiger partial charge in [-0.1, -0.05) is 100 Å². The smallest absolute Gasteiger partial charge is 0.358 e. The van der Waals surface area contributed by atoms with E-state index in [-0.39, 0.29) is 21.2 Å². The Bertz CT molecular complexity index is 2630. The van der Waals surface area contributed by atoms with Gasteiger partial charge in [-0.15, -0.1) is 0 Å². The molecule has 0 aliphatic heterocycles. The predicted octanol–water partition coefficient (Wildman–Crippen LogP) is 8.43. The summed E-state index contributed by atoms with van der Waals surface area (Å²) in [6.45, 7) is 11.6. The Morgan fingerprint density at radius 1 is 0.586 bits per heavy atom. The van der Waals surface area contributed by atoms with Crippen LogP contribution in [0.2, 0.25) is 0 Å². The fraction of sp³-hybridized carbons (Fsp3) is 0.273. The maximum absolute atomic E-state index is 12.1. The number of hydrogen-bond donors (Lipinski definition) is 1. The van der Waals surface area contributed by atoms with Crippen LogP contribution in [0.25, 0.3) is 44.8 Å². The number of aromatic nitrogens is 4. The Balaban J connectivity index is 0.000000221. The lowest BCUT2D eigenvalue weighted by molar-refractivity contribution is 0.0517. The lowest BCUT2D eigenvalue weighted by Gasteiger charge is -2.11. The molecule has 6 aromatic rings. The fourth-order valence-electron chi connectivity index (χ4n) is 6.16. The van der Waals surface area contributed by atoms with Crippen LogP contribution in [0.1, 0.15) is 55.6 Å². The molecule has 0 fully saturated rings. The number of carbonyl (C=O) groups excluding carboxylic acids is 1. The zero-order chi connectivity index (χ0) is 42.4. The Hall–Kier alpha value is -5.86. The van der Waals surface area contributed by atoms with Crippen LogP contribution in [-0.4, -0.2) is 72.6 Å². The summed E-state index contributed by atoms with van der Waals surface area (Å²) in [6.07, 6.45) is 2.39. The average Bonchev–Trinajstić information content (AvgIpc) is 3.79. The van der Waals surface area contributed by atoms with Gasteiger partial charge in [-0.3, -0.25) is 9.36 Å². The van der Waals surface area contributed by atoms with E-state index < -0.39 is 31.6 Å². The minimum Gasteiger partial charge on any atom is -0.476 e. The molecule has 304 valence electrons. The lowest BCUT2D eigenvalue weighted by atomic mass is 10.0. The monoisotopic (exact) mass is 824 g/mol. The molecule has 0 saturated heterocycles. The van der Waals surface area contributed by atoms with Gasteiger partial charge in [0.05, 0.1) is 27.8 Å². The molecular weight excluding hydrogens is 777 g/mol. The van der Waals surface area contributed by atoms with Crippen LogP contribution in [0.4, 0.5) is 0 Å². The van der Waals surface area contributed by atoms with Crippen LogP contribution < -0.4 is 0 Å². The largest absolute Gasteiger partial charge is 0.476 e. The maximum atomic E-state index is 12.1. The Kier molecular flexibility index (Phi) is 13.5. The molecule has 0 bridgehead atoms. The third kappa shape index (κ3) is 11.0. The van der Waals surface area contributed by atoms with E-state index in [4.69, 9.17) is 4.74 Å². The van der Waals surface area contributed by atoms with E-state index in [1.807, 2.05) is 79.2 Å². The minimum atomic E-state index is -3.27. The van der Waals surface area contributed by atoms with Crippen LogP contribution in [0.5, 0.6) is 0 Å². The van der Waals surface area contributed by atoms with Crippen molar-refractivity contribution in [2.75, 3.05) is 19.1 Å². The molecule has 0 unspecified atom stereocenters. The van der Waals surface area contributed by atoms with Gasteiger partial charge in [0.2, 0.25) is 0 Å². The predicted molar refractivity (Wildman–Crippen MR) is 225 cm³/mol. The van der Waals surface area contributed by atoms with Crippen molar-refractivity contribution in [3.8, 4) is 44.8 Å². The van der Waals surface area contributed by atoms with Gasteiger partial charge < -0.3 is 9.84 Å². The Labute approximate surface area is 340 Å². The van der Waals surface area contributed by atoms with E-state index in [0.717, 1.165) is 44.8 Å². The van der Waals surface area contributed by atoms with Crippen molar-refractivity contribution in [1.29, 1.82) is 0 Å². The average molecular weight is 825 g/mol. The Morgan fingerprint density at radius 2 is 0.966 bits per heavy atom. The van der Waals surface area contributed by atoms with Crippen molar-refractivity contribution < 1.29 is 36.3 Å². The minimum absolute atomic E-state index is 0.0144. The molecule has 4 aromatic carbocycles. The molecule has 0 radical (unpaired) electrons. The van der Waals surface area contributed by atoms with Gasteiger partial charge in [0, 0.05) is 25.6 Å². The topological polar surface area (TPSA) is 168 Å². The molecule has 58 heavy (non-hydrogen) atoms. The number of carbonyl (C=O) groups is 2. The van der Waals surface area contributed by atoms with E-state index >= 15 is 0 Å². The summed E-state index contributed by atoms with van der Waals surface area (Å²) >= 11 is 0. The van der Waals surface area contributed by atoms with Crippen molar-refractivity contribution >= 4 is 31.6 Å². The summed E-state index contributed by atoms with van der Waals surface area (Å²) in [5, 5.41) is 17.9. The zero-order valence-corrected chi connectivity index (χ0v) is 35.2. The van der Waals surface area contributed by atoms with Gasteiger partial charge in [-0.05, 0) is 88.5 Å². The molecule has 2 heterocycles. The van der Waals surface area contributed by atoms with E-state index in [1.165, 1.54) is 12.5 Å². The number of esters is 1. The number of benzene rings is 4. The molecule has 0 amide bonds. The maximum Gasteiger partial charge on any atom is 0.358 e. The van der Waals surface area contributed by atoms with Crippen molar-refractivity contribution in [2.24, 2.45) is 11.8 Å². The van der Waals surface area contributed by atoms with Crippen LogP contribution in [0, 0.1) is 11.8 Å². The molecule has 0 aliphatic rings. The number of carboxylic acids is 1. The third-order valence-corrected chi connectivity index (χ3v) is 11.1. The molecule has 0 spiro atoms. The summed E-state index contributed by atoms with van der Waals surface area (Å²) in [6, 6.07) is 32.3. The number of aromatic carboxylic acids is 1. The first-order valence-corrected chi connectivity index (χ1v) is 22.5. The normalized spacial score (nSPS) is 11.7. The highest BCUT2D eigenvalue weighted by molar-refractivity contribution is 7.91. The quantitative estimate of drug-likeness (QED) is 0.112. The first-order valence-electron chi connectivity index (χ1n) is 18.7. The molecule has 0 saturated carbocycles. The number of carboxylic acid groups (broad SMARTS) is 1. The van der Waals surface area contributed by atoms with Crippen LogP contribution >= 0.6 is 0 Å². The zero-order valence-electron chi connectivity index (χ0n) is 33.6. The van der Waals surface area contributed by atoms with Gasteiger partial charge in [0.25, 0.3) is 0 Å². The van der Waals surface area contributed by atoms with Crippen molar-refractivity contribution in [1.82, 2.24) is 19.6 Å². The standard InChI is InChI=1S/C23H26N2O4S.C21H22N2O4S/c1-5-29-23(26)21-14-22(25(24-21)15-16(2)3)18-11-9-17(10-12-18)19-7-6-8-20(13-19)30(4,27)28;1-14(2)13-23-20(12-19(22-23)21(24)25)16-9-7-15(8-10-16)17-5-4-6-18(11-17)28(3,26)27/h6-14,16H,5,15H2,1-4H3;4-12,14H,13H2,1-3H3,(H,24,25). The number of nitrogens with zero attached hydrogens (tertiary/aromatic N) is 4. The summed E-state index contributed by atoms with van der Waals surface area (Å²) < 4.78 is 55.9. The first-order chi connectivity index (χ1) is 27.3. The third-order valence-electron chi connectivity index (χ3n) is 8.89. The van der Waals surface area contributed by atoms with Crippen LogP contribution in [-0.2, 0) is 37.5 Å². The van der Waals surface area contributed by atoms with E-state index in [1.54, 1.807) is 60.1 Å². The first kappa shape index (κ1) is 43.3. The second kappa shape index (κ2) is 18.2. The number of sulfone groups is 2. The highest BCUT2D eigenvalue weighted by atomic mass is 32.2. The van der Waals surface area contributed by atoms with E-state index in [2.05, 4.69) is 24.0 Å². The molecule has 14 heteroatoms. The molecule has 1 N–H and O–H groups in total. The van der Waals surface area contributed by atoms with E-state index in [9.17, 15) is 31.5 Å². The lowest BCUT2D eigenvalue weighted by Crippen LogP contribution is -2.10. The van der Waals surface area contributed by atoms with Gasteiger partial charge in [-0.25, -0.2) is 26.4 Å². The number of ether oxygens (including phenoxy) is 1. The molecule has 6 rings (SSSR count). The van der Waals surface area contributed by atoms with Gasteiger partial charge in [0.15, 0.2) is 31.1 Å². The summed E-state index contributed by atoms with van der Waals surface area (Å²) in [7, 11) is -6.54. The van der Waals surface area contributed by atoms with Gasteiger partial charge in [-0.2, -0.15) is 10.2 Å². The molecule has 2 aromatic heterocycles. The van der Waals surface area contributed by atoms with Crippen LogP contribution in [0.3, 0.4) is 0 Å². The summed E-state index contributed by atoms with van der Waals surface area (Å²) in [5.41, 5.74) is 7.06. The van der Waals surface area contributed by atoms with Crippen molar-refractivity contribution in [2.45, 2.75) is 57.5 Å². The SMILES string of the molecule is CC(C)Cn1nc(C(=O)O)cc1-c1ccc(-c2cccc(S(C)(=O)=O)c2)cc1.CCOC(=O)c1cc(-c2ccc(-c3cccc(S(C)(=O)=O)c3)cc2)n(CC(C)C)n1. The van der Waals surface area contributed by atoms with Crippen molar-refractivity contribution in [3.63, 3.8) is 0 Å². The summed E-state index contributed by atoms with van der Waals surface area (Å²) in [5.74, 6) is -0.816. The second-order valence-electron chi connectivity index (χ2n) is 14.8.